The molecule has 0 aromatic heterocycles. The fraction of sp³-hybridized carbons (Fsp3) is 0.588. The van der Waals surface area contributed by atoms with E-state index in [2.05, 4.69) is 17.3 Å². The Hall–Kier alpha value is -1.39. The second-order valence-corrected chi connectivity index (χ2v) is 5.99. The third kappa shape index (κ3) is 5.14. The number of amides is 1. The van der Waals surface area contributed by atoms with Gasteiger partial charge in [-0.15, -0.1) is 0 Å². The van der Waals surface area contributed by atoms with Crippen molar-refractivity contribution in [1.29, 1.82) is 0 Å². The highest BCUT2D eigenvalue weighted by Crippen LogP contribution is 2.16. The number of nitrogens with zero attached hydrogens (tertiary/aromatic N) is 1. The van der Waals surface area contributed by atoms with Crippen molar-refractivity contribution in [2.75, 3.05) is 20.1 Å². The summed E-state index contributed by atoms with van der Waals surface area (Å²) in [7, 11) is 2.14. The van der Waals surface area contributed by atoms with E-state index in [9.17, 15) is 4.79 Å². The normalized spacial score (nSPS) is 21.0. The van der Waals surface area contributed by atoms with E-state index in [0.717, 1.165) is 18.7 Å². The third-order valence-electron chi connectivity index (χ3n) is 4.37. The minimum absolute atomic E-state index is 0.0608. The minimum Gasteiger partial charge on any atom is -0.355 e. The van der Waals surface area contributed by atoms with Crippen LogP contribution in [0.1, 0.15) is 43.7 Å². The van der Waals surface area contributed by atoms with E-state index in [0.29, 0.717) is 18.9 Å². The number of hydrogen-bond donors (Lipinski definition) is 2. The molecule has 0 saturated carbocycles. The molecule has 1 aromatic carbocycles. The van der Waals surface area contributed by atoms with Crippen LogP contribution in [0.25, 0.3) is 0 Å². The number of nitrogens with two attached hydrogens (primary N) is 1. The highest BCUT2D eigenvalue weighted by molar-refractivity contribution is 5.75. The van der Waals surface area contributed by atoms with Crippen molar-refractivity contribution in [3.63, 3.8) is 0 Å². The zero-order valence-corrected chi connectivity index (χ0v) is 12.9. The van der Waals surface area contributed by atoms with Crippen LogP contribution in [0.4, 0.5) is 0 Å². The van der Waals surface area contributed by atoms with Crippen LogP contribution in [-0.2, 0) is 4.79 Å². The second kappa shape index (κ2) is 8.15. The first-order valence-electron chi connectivity index (χ1n) is 7.94. The quantitative estimate of drug-likeness (QED) is 0.843. The molecule has 21 heavy (non-hydrogen) atoms. The molecule has 4 nitrogen and oxygen atoms in total. The van der Waals surface area contributed by atoms with Gasteiger partial charge in [0.25, 0.3) is 0 Å². The number of likely N-dealkylation sites (N-methyl/N-ethyl adjacent to an activating group) is 1. The van der Waals surface area contributed by atoms with Gasteiger partial charge in [0.2, 0.25) is 5.91 Å². The molecule has 1 fully saturated rings. The maximum atomic E-state index is 11.9. The van der Waals surface area contributed by atoms with Gasteiger partial charge >= 0.3 is 0 Å². The summed E-state index contributed by atoms with van der Waals surface area (Å²) in [6.45, 7) is 1.90. The number of carbonyl (C=O) groups is 1. The lowest BCUT2D eigenvalue weighted by molar-refractivity contribution is -0.121. The summed E-state index contributed by atoms with van der Waals surface area (Å²) in [5, 5.41) is 3.05. The fourth-order valence-corrected chi connectivity index (χ4v) is 2.88. The zero-order chi connectivity index (χ0) is 15.1. The molecule has 1 aromatic rings. The first-order valence-corrected chi connectivity index (χ1v) is 7.94. The van der Waals surface area contributed by atoms with Crippen molar-refractivity contribution in [3.05, 3.63) is 35.9 Å². The van der Waals surface area contributed by atoms with Crippen LogP contribution in [0.5, 0.6) is 0 Å². The average molecular weight is 289 g/mol. The van der Waals surface area contributed by atoms with Gasteiger partial charge in [0.05, 0.1) is 0 Å². The topological polar surface area (TPSA) is 58.4 Å². The molecule has 2 unspecified atom stereocenters. The number of hydrogen-bond acceptors (Lipinski definition) is 3. The lowest BCUT2D eigenvalue weighted by atomic mass is 10.0. The van der Waals surface area contributed by atoms with Gasteiger partial charge in [-0.05, 0) is 38.4 Å². The Bertz CT molecular complexity index is 435. The van der Waals surface area contributed by atoms with Gasteiger partial charge in [-0.1, -0.05) is 36.8 Å². The van der Waals surface area contributed by atoms with E-state index in [1.54, 1.807) is 0 Å². The van der Waals surface area contributed by atoms with E-state index in [4.69, 9.17) is 5.73 Å². The molecular formula is C17H27N3O. The molecule has 1 amide bonds. The summed E-state index contributed by atoms with van der Waals surface area (Å²) in [4.78, 5) is 14.3. The van der Waals surface area contributed by atoms with E-state index < -0.39 is 0 Å². The monoisotopic (exact) mass is 289 g/mol. The summed E-state index contributed by atoms with van der Waals surface area (Å²) in [6.07, 6.45) is 4.90. The number of piperidine rings is 1. The van der Waals surface area contributed by atoms with Crippen molar-refractivity contribution >= 4 is 5.91 Å². The molecule has 1 saturated heterocycles. The van der Waals surface area contributed by atoms with E-state index in [1.165, 1.54) is 19.3 Å². The van der Waals surface area contributed by atoms with Crippen molar-refractivity contribution in [2.45, 2.75) is 44.2 Å². The minimum atomic E-state index is -0.0608. The largest absolute Gasteiger partial charge is 0.355 e. The maximum absolute atomic E-state index is 11.9. The first-order chi connectivity index (χ1) is 10.2. The number of likely N-dealkylation sites (tertiary alicyclic amines) is 1. The van der Waals surface area contributed by atoms with Crippen LogP contribution < -0.4 is 11.1 Å². The number of benzene rings is 1. The number of nitrogens with one attached hydrogen (secondary N) is 1. The Morgan fingerprint density at radius 1 is 1.38 bits per heavy atom. The predicted octanol–water partition coefficient (Wildman–Crippen LogP) is 2.07. The number of rotatable bonds is 6. The summed E-state index contributed by atoms with van der Waals surface area (Å²) in [6, 6.07) is 10.4. The van der Waals surface area contributed by atoms with Gasteiger partial charge < -0.3 is 16.0 Å². The molecule has 4 heteroatoms. The van der Waals surface area contributed by atoms with Gasteiger partial charge in [0.15, 0.2) is 0 Å². The molecule has 0 aliphatic carbocycles. The molecule has 116 valence electrons. The fourth-order valence-electron chi connectivity index (χ4n) is 2.88. The number of carbonyl (C=O) groups excluding carboxylic acids is 1. The van der Waals surface area contributed by atoms with Gasteiger partial charge in [-0.25, -0.2) is 0 Å². The molecule has 0 radical (unpaired) electrons. The summed E-state index contributed by atoms with van der Waals surface area (Å²) < 4.78 is 0. The van der Waals surface area contributed by atoms with Crippen LogP contribution in [0.15, 0.2) is 30.3 Å². The predicted molar refractivity (Wildman–Crippen MR) is 85.9 cm³/mol. The maximum Gasteiger partial charge on any atom is 0.220 e. The van der Waals surface area contributed by atoms with Gasteiger partial charge in [0, 0.05) is 25.0 Å². The standard InChI is InChI=1S/C17H27N3O/c1-20-12-6-5-9-15(20)13-19-17(21)11-10-16(18)14-7-3-2-4-8-14/h2-4,7-8,15-16H,5-6,9-13,18H2,1H3,(H,19,21). The molecule has 1 aliphatic rings. The van der Waals surface area contributed by atoms with Gasteiger partial charge in [-0.2, -0.15) is 0 Å². The summed E-state index contributed by atoms with van der Waals surface area (Å²) in [5.74, 6) is 0.111. The van der Waals surface area contributed by atoms with Crippen molar-refractivity contribution in [3.8, 4) is 0 Å². The Kier molecular flexibility index (Phi) is 6.21. The molecule has 0 bridgehead atoms. The van der Waals surface area contributed by atoms with Crippen LogP contribution in [0, 0.1) is 0 Å². The Balaban J connectivity index is 1.67. The lowest BCUT2D eigenvalue weighted by Gasteiger charge is -2.32. The second-order valence-electron chi connectivity index (χ2n) is 5.99. The van der Waals surface area contributed by atoms with E-state index in [-0.39, 0.29) is 11.9 Å². The molecule has 2 atom stereocenters. The van der Waals surface area contributed by atoms with Gasteiger partial charge in [0.1, 0.15) is 0 Å². The summed E-state index contributed by atoms with van der Waals surface area (Å²) >= 11 is 0. The van der Waals surface area contributed by atoms with Crippen LogP contribution >= 0.6 is 0 Å². The Morgan fingerprint density at radius 3 is 2.86 bits per heavy atom. The summed E-state index contributed by atoms with van der Waals surface area (Å²) in [5.41, 5.74) is 7.21. The SMILES string of the molecule is CN1CCCCC1CNC(=O)CCC(N)c1ccccc1. The van der Waals surface area contributed by atoms with Crippen molar-refractivity contribution in [2.24, 2.45) is 5.73 Å². The Labute approximate surface area is 127 Å². The van der Waals surface area contributed by atoms with E-state index >= 15 is 0 Å². The highest BCUT2D eigenvalue weighted by Gasteiger charge is 2.19. The molecule has 1 aliphatic heterocycles. The molecule has 0 spiro atoms. The van der Waals surface area contributed by atoms with Crippen LogP contribution in [-0.4, -0.2) is 37.0 Å². The van der Waals surface area contributed by atoms with Crippen molar-refractivity contribution in [1.82, 2.24) is 10.2 Å². The molecule has 3 N–H and O–H groups in total. The molecular weight excluding hydrogens is 262 g/mol. The van der Waals surface area contributed by atoms with Gasteiger partial charge in [-0.3, -0.25) is 4.79 Å². The Morgan fingerprint density at radius 2 is 2.14 bits per heavy atom. The van der Waals surface area contributed by atoms with Crippen LogP contribution in [0.2, 0.25) is 0 Å². The third-order valence-corrected chi connectivity index (χ3v) is 4.37. The molecule has 2 rings (SSSR count). The van der Waals surface area contributed by atoms with E-state index in [1.807, 2.05) is 30.3 Å². The van der Waals surface area contributed by atoms with Crippen LogP contribution in [0.3, 0.4) is 0 Å². The first kappa shape index (κ1) is 16.0. The zero-order valence-electron chi connectivity index (χ0n) is 12.9. The van der Waals surface area contributed by atoms with Crippen molar-refractivity contribution < 1.29 is 4.79 Å². The molecule has 1 heterocycles. The highest BCUT2D eigenvalue weighted by atomic mass is 16.1. The average Bonchev–Trinajstić information content (AvgIpc) is 2.52. The smallest absolute Gasteiger partial charge is 0.220 e. The lowest BCUT2D eigenvalue weighted by Crippen LogP contribution is -2.44.